The standard InChI is InChI=1S/C19H14N2O2/c1-13-20-15(16-7-4-5-11-21(13)16)9-10-17(22)19-12-14-6-2-3-8-18(14)23-19/h2-12H,1H3/b10-9+. The lowest BCUT2D eigenvalue weighted by atomic mass is 10.2. The van der Waals surface area contributed by atoms with Gasteiger partial charge in [0.1, 0.15) is 11.4 Å². The van der Waals surface area contributed by atoms with Gasteiger partial charge in [0.15, 0.2) is 5.76 Å². The number of ketones is 1. The van der Waals surface area contributed by atoms with Crippen molar-refractivity contribution in [3.05, 3.63) is 78.1 Å². The van der Waals surface area contributed by atoms with Crippen LogP contribution in [-0.2, 0) is 0 Å². The maximum atomic E-state index is 12.3. The fourth-order valence-electron chi connectivity index (χ4n) is 2.68. The summed E-state index contributed by atoms with van der Waals surface area (Å²) in [5.74, 6) is 1.05. The second kappa shape index (κ2) is 5.25. The summed E-state index contributed by atoms with van der Waals surface area (Å²) < 4.78 is 7.58. The molecule has 4 rings (SSSR count). The number of fused-ring (bicyclic) bond motifs is 2. The van der Waals surface area contributed by atoms with Crippen LogP contribution in [-0.4, -0.2) is 15.2 Å². The number of nitrogens with zero attached hydrogens (tertiary/aromatic N) is 2. The van der Waals surface area contributed by atoms with E-state index < -0.39 is 0 Å². The number of benzene rings is 1. The van der Waals surface area contributed by atoms with Crippen LogP contribution in [0.1, 0.15) is 22.1 Å². The Morgan fingerprint density at radius 3 is 2.87 bits per heavy atom. The number of rotatable bonds is 3. The van der Waals surface area contributed by atoms with Crippen LogP contribution in [0.4, 0.5) is 0 Å². The minimum absolute atomic E-state index is 0.170. The van der Waals surface area contributed by atoms with E-state index in [1.54, 1.807) is 12.1 Å². The van der Waals surface area contributed by atoms with Gasteiger partial charge in [-0.25, -0.2) is 4.98 Å². The smallest absolute Gasteiger partial charge is 0.221 e. The van der Waals surface area contributed by atoms with Crippen LogP contribution in [0.3, 0.4) is 0 Å². The number of aromatic nitrogens is 2. The third kappa shape index (κ3) is 2.34. The lowest BCUT2D eigenvalue weighted by Gasteiger charge is -1.93. The van der Waals surface area contributed by atoms with Gasteiger partial charge < -0.3 is 8.82 Å². The van der Waals surface area contributed by atoms with Crippen molar-refractivity contribution in [2.24, 2.45) is 0 Å². The zero-order valence-electron chi connectivity index (χ0n) is 12.6. The van der Waals surface area contributed by atoms with Crippen LogP contribution < -0.4 is 0 Å². The molecule has 0 bridgehead atoms. The van der Waals surface area contributed by atoms with Gasteiger partial charge >= 0.3 is 0 Å². The number of para-hydroxylation sites is 1. The molecule has 3 heterocycles. The molecular formula is C19H14N2O2. The van der Waals surface area contributed by atoms with Gasteiger partial charge in [-0.3, -0.25) is 4.79 Å². The summed E-state index contributed by atoms with van der Waals surface area (Å²) in [5, 5.41) is 0.924. The van der Waals surface area contributed by atoms with E-state index in [1.807, 2.05) is 60.0 Å². The topological polar surface area (TPSA) is 47.5 Å². The molecule has 0 aliphatic heterocycles. The summed E-state index contributed by atoms with van der Waals surface area (Å²) in [7, 11) is 0. The number of imidazole rings is 1. The molecule has 0 radical (unpaired) electrons. The van der Waals surface area contributed by atoms with Gasteiger partial charge in [0.05, 0.1) is 11.2 Å². The molecule has 0 aliphatic rings. The third-order valence-electron chi connectivity index (χ3n) is 3.81. The number of hydrogen-bond donors (Lipinski definition) is 0. The van der Waals surface area contributed by atoms with Gasteiger partial charge in [0.25, 0.3) is 0 Å². The first-order chi connectivity index (χ1) is 11.2. The lowest BCUT2D eigenvalue weighted by molar-refractivity contribution is 0.102. The highest BCUT2D eigenvalue weighted by Crippen LogP contribution is 2.20. The maximum Gasteiger partial charge on any atom is 0.221 e. The molecule has 4 heteroatoms. The fourth-order valence-corrected chi connectivity index (χ4v) is 2.68. The molecule has 4 nitrogen and oxygen atoms in total. The Hall–Kier alpha value is -3.14. The molecule has 3 aromatic heterocycles. The first kappa shape index (κ1) is 13.5. The molecule has 23 heavy (non-hydrogen) atoms. The fraction of sp³-hybridized carbons (Fsp3) is 0.0526. The van der Waals surface area contributed by atoms with E-state index in [0.717, 1.165) is 22.4 Å². The van der Waals surface area contributed by atoms with E-state index in [9.17, 15) is 4.79 Å². The molecule has 4 aromatic rings. The number of carbonyl (C=O) groups is 1. The number of pyridine rings is 1. The van der Waals surface area contributed by atoms with Gasteiger partial charge in [0.2, 0.25) is 5.78 Å². The average molecular weight is 302 g/mol. The zero-order chi connectivity index (χ0) is 15.8. The van der Waals surface area contributed by atoms with E-state index >= 15 is 0 Å². The first-order valence-electron chi connectivity index (χ1n) is 7.37. The van der Waals surface area contributed by atoms with Crippen LogP contribution in [0, 0.1) is 6.92 Å². The van der Waals surface area contributed by atoms with Crippen LogP contribution in [0.25, 0.3) is 22.6 Å². The van der Waals surface area contributed by atoms with E-state index in [0.29, 0.717) is 11.3 Å². The minimum atomic E-state index is -0.170. The van der Waals surface area contributed by atoms with Crippen LogP contribution >= 0.6 is 0 Å². The molecule has 0 saturated heterocycles. The second-order valence-corrected chi connectivity index (χ2v) is 5.35. The van der Waals surface area contributed by atoms with E-state index in [1.165, 1.54) is 6.08 Å². The predicted molar refractivity (Wildman–Crippen MR) is 89.5 cm³/mol. The molecule has 0 N–H and O–H groups in total. The highest BCUT2D eigenvalue weighted by Gasteiger charge is 2.10. The van der Waals surface area contributed by atoms with Crippen molar-refractivity contribution in [1.82, 2.24) is 9.38 Å². The number of hydrogen-bond acceptors (Lipinski definition) is 3. The van der Waals surface area contributed by atoms with Gasteiger partial charge in [-0.2, -0.15) is 0 Å². The monoisotopic (exact) mass is 302 g/mol. The van der Waals surface area contributed by atoms with Crippen LogP contribution in [0.5, 0.6) is 0 Å². The number of furan rings is 1. The molecule has 0 fully saturated rings. The predicted octanol–water partition coefficient (Wildman–Crippen LogP) is 4.29. The van der Waals surface area contributed by atoms with E-state index in [4.69, 9.17) is 4.42 Å². The summed E-state index contributed by atoms with van der Waals surface area (Å²) in [6.45, 7) is 1.94. The largest absolute Gasteiger partial charge is 0.453 e. The summed E-state index contributed by atoms with van der Waals surface area (Å²) in [6, 6.07) is 15.2. The molecule has 112 valence electrons. The maximum absolute atomic E-state index is 12.3. The summed E-state index contributed by atoms with van der Waals surface area (Å²) in [4.78, 5) is 16.8. The van der Waals surface area contributed by atoms with Crippen molar-refractivity contribution >= 4 is 28.3 Å². The Morgan fingerprint density at radius 2 is 2.00 bits per heavy atom. The molecule has 0 aliphatic carbocycles. The Morgan fingerprint density at radius 1 is 1.17 bits per heavy atom. The van der Waals surface area contributed by atoms with Gasteiger partial charge in [0, 0.05) is 11.6 Å². The number of allylic oxidation sites excluding steroid dienone is 1. The van der Waals surface area contributed by atoms with Crippen molar-refractivity contribution < 1.29 is 9.21 Å². The molecule has 0 saturated carbocycles. The quantitative estimate of drug-likeness (QED) is 0.419. The van der Waals surface area contributed by atoms with Gasteiger partial charge in [-0.05, 0) is 43.3 Å². The summed E-state index contributed by atoms with van der Waals surface area (Å²) in [5.41, 5.74) is 2.46. The minimum Gasteiger partial charge on any atom is -0.453 e. The normalized spacial score (nSPS) is 11.7. The van der Waals surface area contributed by atoms with E-state index in [-0.39, 0.29) is 5.78 Å². The van der Waals surface area contributed by atoms with Crippen molar-refractivity contribution in [3.63, 3.8) is 0 Å². The summed E-state index contributed by atoms with van der Waals surface area (Å²) >= 11 is 0. The van der Waals surface area contributed by atoms with E-state index in [2.05, 4.69) is 4.98 Å². The molecule has 1 aromatic carbocycles. The Bertz CT molecular complexity index is 1020. The van der Waals surface area contributed by atoms with Crippen LogP contribution in [0.2, 0.25) is 0 Å². The molecule has 0 atom stereocenters. The zero-order valence-corrected chi connectivity index (χ0v) is 12.6. The van der Waals surface area contributed by atoms with Gasteiger partial charge in [-0.15, -0.1) is 0 Å². The van der Waals surface area contributed by atoms with Crippen molar-refractivity contribution in [2.75, 3.05) is 0 Å². The molecule has 0 amide bonds. The molecule has 0 spiro atoms. The second-order valence-electron chi connectivity index (χ2n) is 5.35. The average Bonchev–Trinajstić information content (AvgIpc) is 3.15. The Labute approximate surface area is 132 Å². The molecular weight excluding hydrogens is 288 g/mol. The van der Waals surface area contributed by atoms with Crippen molar-refractivity contribution in [1.29, 1.82) is 0 Å². The lowest BCUT2D eigenvalue weighted by Crippen LogP contribution is -1.90. The Balaban J connectivity index is 1.68. The summed E-state index contributed by atoms with van der Waals surface area (Å²) in [6.07, 6.45) is 5.19. The highest BCUT2D eigenvalue weighted by atomic mass is 16.3. The molecule has 0 unspecified atom stereocenters. The third-order valence-corrected chi connectivity index (χ3v) is 3.81. The number of carbonyl (C=O) groups excluding carboxylic acids is 1. The highest BCUT2D eigenvalue weighted by molar-refractivity contribution is 6.07. The van der Waals surface area contributed by atoms with Crippen molar-refractivity contribution in [2.45, 2.75) is 6.92 Å². The SMILES string of the molecule is Cc1nc(/C=C/C(=O)c2cc3ccccc3o2)c2ccccn12. The van der Waals surface area contributed by atoms with Crippen LogP contribution in [0.15, 0.2) is 65.2 Å². The number of aryl methyl sites for hydroxylation is 1. The van der Waals surface area contributed by atoms with Gasteiger partial charge in [-0.1, -0.05) is 24.3 Å². The van der Waals surface area contributed by atoms with Crippen molar-refractivity contribution in [3.8, 4) is 0 Å². The first-order valence-corrected chi connectivity index (χ1v) is 7.37. The Kier molecular flexibility index (Phi) is 3.08.